The topological polar surface area (TPSA) is 55.5 Å². The molecule has 3 rings (SSSR count). The fourth-order valence-corrected chi connectivity index (χ4v) is 3.55. The molecule has 1 unspecified atom stereocenters. The van der Waals surface area contributed by atoms with E-state index in [2.05, 4.69) is 13.8 Å². The van der Waals surface area contributed by atoms with Gasteiger partial charge in [-0.2, -0.15) is 0 Å². The summed E-state index contributed by atoms with van der Waals surface area (Å²) in [5, 5.41) is 10.4. The van der Waals surface area contributed by atoms with Gasteiger partial charge in [-0.1, -0.05) is 27.7 Å². The first-order valence-electron chi connectivity index (χ1n) is 8.42. The minimum absolute atomic E-state index is 0.00388. The molecule has 3 N–H and O–H groups in total. The molecule has 1 aromatic rings. The normalized spacial score (nSPS) is 21.7. The number of fused-ring (bicyclic) bond motifs is 1. The average Bonchev–Trinajstić information content (AvgIpc) is 2.47. The quantitative estimate of drug-likeness (QED) is 0.856. The smallest absolute Gasteiger partial charge is 0.125 e. The summed E-state index contributed by atoms with van der Waals surface area (Å²) < 4.78 is 6.27. The Morgan fingerprint density at radius 2 is 1.95 bits per heavy atom. The van der Waals surface area contributed by atoms with Gasteiger partial charge in [0, 0.05) is 23.6 Å². The first-order valence-corrected chi connectivity index (χ1v) is 8.42. The van der Waals surface area contributed by atoms with Gasteiger partial charge in [0.25, 0.3) is 0 Å². The number of hydrogen-bond donors (Lipinski definition) is 2. The van der Waals surface area contributed by atoms with Crippen molar-refractivity contribution in [3.05, 3.63) is 22.8 Å². The summed E-state index contributed by atoms with van der Waals surface area (Å²) in [5.74, 6) is 1.34. The summed E-state index contributed by atoms with van der Waals surface area (Å²) in [6.07, 6.45) is 5.97. The number of benzene rings is 1. The van der Waals surface area contributed by atoms with Crippen LogP contribution in [-0.2, 0) is 12.8 Å². The van der Waals surface area contributed by atoms with Gasteiger partial charge in [0.05, 0.1) is 0 Å². The van der Waals surface area contributed by atoms with Gasteiger partial charge in [0.15, 0.2) is 0 Å². The Morgan fingerprint density at radius 3 is 2.43 bits per heavy atom. The van der Waals surface area contributed by atoms with Crippen LogP contribution in [0, 0.1) is 0 Å². The van der Waals surface area contributed by atoms with E-state index in [0.717, 1.165) is 54.5 Å². The van der Waals surface area contributed by atoms with Crippen molar-refractivity contribution in [2.45, 2.75) is 77.9 Å². The summed E-state index contributed by atoms with van der Waals surface area (Å²) in [4.78, 5) is 0. The summed E-state index contributed by atoms with van der Waals surface area (Å²) in [6, 6.07) is 2.00. The Labute approximate surface area is 128 Å². The first-order chi connectivity index (χ1) is 10.1. The lowest BCUT2D eigenvalue weighted by atomic mass is 9.72. The average molecular weight is 291 g/mol. The van der Waals surface area contributed by atoms with Crippen LogP contribution in [0.2, 0.25) is 0 Å². The maximum Gasteiger partial charge on any atom is 0.125 e. The van der Waals surface area contributed by atoms with Gasteiger partial charge in [-0.15, -0.1) is 0 Å². The van der Waals surface area contributed by atoms with Gasteiger partial charge in [0.2, 0.25) is 0 Å². The molecule has 2 aliphatic rings. The fraction of sp³-hybridized carbons (Fsp3) is 0.667. The Balaban J connectivity index is 0.000000774. The highest BCUT2D eigenvalue weighted by atomic mass is 16.5. The standard InChI is InChI=1S/C16H23NO2.C2H6/c1-3-10-8-13-14(11(4-2)15(10)18)12(17)9-16(19-13)6-5-7-16;1-2/h8,12,18H,3-7,9,17H2,1-2H3;1-2H3. The SMILES string of the molecule is CC.CCc1cc2c(c(CC)c1O)C(N)CC1(CCC1)O2. The molecule has 0 amide bonds. The van der Waals surface area contributed by atoms with Crippen molar-refractivity contribution >= 4 is 0 Å². The molecular weight excluding hydrogens is 262 g/mol. The zero-order valence-corrected chi connectivity index (χ0v) is 13.8. The van der Waals surface area contributed by atoms with Crippen LogP contribution in [0.4, 0.5) is 0 Å². The molecule has 118 valence electrons. The molecule has 1 aliphatic carbocycles. The van der Waals surface area contributed by atoms with E-state index in [4.69, 9.17) is 10.5 Å². The van der Waals surface area contributed by atoms with Gasteiger partial charge >= 0.3 is 0 Å². The third-order valence-electron chi connectivity index (χ3n) is 4.77. The van der Waals surface area contributed by atoms with E-state index < -0.39 is 0 Å². The van der Waals surface area contributed by atoms with Gasteiger partial charge in [0.1, 0.15) is 17.1 Å². The van der Waals surface area contributed by atoms with Crippen molar-refractivity contribution in [3.63, 3.8) is 0 Å². The Hall–Kier alpha value is -1.22. The van der Waals surface area contributed by atoms with Crippen LogP contribution in [-0.4, -0.2) is 10.7 Å². The van der Waals surface area contributed by atoms with Crippen LogP contribution in [0.15, 0.2) is 6.07 Å². The van der Waals surface area contributed by atoms with E-state index in [1.807, 2.05) is 19.9 Å². The minimum Gasteiger partial charge on any atom is -0.507 e. The third-order valence-corrected chi connectivity index (χ3v) is 4.77. The third kappa shape index (κ3) is 2.64. The van der Waals surface area contributed by atoms with E-state index in [9.17, 15) is 5.11 Å². The van der Waals surface area contributed by atoms with Crippen molar-refractivity contribution in [1.82, 2.24) is 0 Å². The largest absolute Gasteiger partial charge is 0.507 e. The number of phenols is 1. The van der Waals surface area contributed by atoms with E-state index in [1.54, 1.807) is 0 Å². The highest BCUT2D eigenvalue weighted by Gasteiger charge is 2.45. The number of rotatable bonds is 2. The molecule has 3 nitrogen and oxygen atoms in total. The lowest BCUT2D eigenvalue weighted by Gasteiger charge is -2.47. The number of phenolic OH excluding ortho intramolecular Hbond substituents is 1. The maximum atomic E-state index is 10.4. The Bertz CT molecular complexity index is 506. The monoisotopic (exact) mass is 291 g/mol. The van der Waals surface area contributed by atoms with E-state index in [1.165, 1.54) is 6.42 Å². The molecular formula is C18H29NO2. The summed E-state index contributed by atoms with van der Waals surface area (Å²) in [7, 11) is 0. The fourth-order valence-electron chi connectivity index (χ4n) is 3.55. The molecule has 1 aliphatic heterocycles. The van der Waals surface area contributed by atoms with Gasteiger partial charge in [-0.3, -0.25) is 0 Å². The van der Waals surface area contributed by atoms with Crippen LogP contribution in [0.25, 0.3) is 0 Å². The summed E-state index contributed by atoms with van der Waals surface area (Å²) >= 11 is 0. The molecule has 0 saturated heterocycles. The molecule has 0 bridgehead atoms. The highest BCUT2D eigenvalue weighted by Crippen LogP contribution is 2.51. The van der Waals surface area contributed by atoms with Gasteiger partial charge in [-0.25, -0.2) is 0 Å². The predicted molar refractivity (Wildman–Crippen MR) is 87.0 cm³/mol. The number of nitrogens with two attached hydrogens (primary N) is 1. The van der Waals surface area contributed by atoms with Crippen molar-refractivity contribution in [2.24, 2.45) is 5.73 Å². The molecule has 1 aromatic carbocycles. The highest BCUT2D eigenvalue weighted by molar-refractivity contribution is 5.55. The zero-order chi connectivity index (χ0) is 15.6. The first kappa shape index (κ1) is 16.2. The number of aromatic hydroxyl groups is 1. The van der Waals surface area contributed by atoms with E-state index >= 15 is 0 Å². The van der Waals surface area contributed by atoms with Crippen LogP contribution in [0.1, 0.15) is 76.1 Å². The maximum absolute atomic E-state index is 10.4. The molecule has 3 heteroatoms. The predicted octanol–water partition coefficient (Wildman–Crippen LogP) is 4.25. The van der Waals surface area contributed by atoms with Crippen LogP contribution in [0.3, 0.4) is 0 Å². The van der Waals surface area contributed by atoms with Crippen molar-refractivity contribution in [1.29, 1.82) is 0 Å². The lowest BCUT2D eigenvalue weighted by molar-refractivity contribution is -0.0333. The lowest BCUT2D eigenvalue weighted by Crippen LogP contribution is -2.48. The van der Waals surface area contributed by atoms with Crippen LogP contribution in [0.5, 0.6) is 11.5 Å². The van der Waals surface area contributed by atoms with Gasteiger partial charge < -0.3 is 15.6 Å². The molecule has 1 fully saturated rings. The second kappa shape index (κ2) is 6.27. The Kier molecular flexibility index (Phi) is 4.82. The Morgan fingerprint density at radius 1 is 1.29 bits per heavy atom. The molecule has 0 aromatic heterocycles. The second-order valence-electron chi connectivity index (χ2n) is 5.93. The van der Waals surface area contributed by atoms with E-state index in [0.29, 0.717) is 5.75 Å². The van der Waals surface area contributed by atoms with Crippen LogP contribution < -0.4 is 10.5 Å². The second-order valence-corrected chi connectivity index (χ2v) is 5.93. The molecule has 1 spiro atoms. The van der Waals surface area contributed by atoms with Crippen molar-refractivity contribution in [3.8, 4) is 11.5 Å². The minimum atomic E-state index is -0.0145. The van der Waals surface area contributed by atoms with Gasteiger partial charge in [-0.05, 0) is 43.7 Å². The molecule has 0 radical (unpaired) electrons. The van der Waals surface area contributed by atoms with E-state index in [-0.39, 0.29) is 11.6 Å². The van der Waals surface area contributed by atoms with Crippen molar-refractivity contribution < 1.29 is 9.84 Å². The molecule has 1 atom stereocenters. The number of hydrogen-bond acceptors (Lipinski definition) is 3. The molecule has 21 heavy (non-hydrogen) atoms. The zero-order valence-electron chi connectivity index (χ0n) is 13.8. The molecule has 1 saturated carbocycles. The number of aryl methyl sites for hydroxylation is 1. The van der Waals surface area contributed by atoms with Crippen LogP contribution >= 0.6 is 0 Å². The molecule has 1 heterocycles. The van der Waals surface area contributed by atoms with Crippen molar-refractivity contribution in [2.75, 3.05) is 0 Å². The summed E-state index contributed by atoms with van der Waals surface area (Å²) in [6.45, 7) is 8.12. The number of ether oxygens (including phenoxy) is 1. The summed E-state index contributed by atoms with van der Waals surface area (Å²) in [5.41, 5.74) is 9.35.